The maximum Gasteiger partial charge on any atom is 0.258 e. The van der Waals surface area contributed by atoms with Crippen LogP contribution in [0.5, 0.6) is 11.5 Å². The maximum absolute atomic E-state index is 14.0. The zero-order valence-corrected chi connectivity index (χ0v) is 17.7. The highest BCUT2D eigenvalue weighted by Crippen LogP contribution is 2.28. The number of benzene rings is 2. The molecule has 30 heavy (non-hydrogen) atoms. The van der Waals surface area contributed by atoms with Gasteiger partial charge in [0, 0.05) is 25.2 Å². The minimum Gasteiger partial charge on any atom is -0.493 e. The molecule has 3 rings (SSSR count). The van der Waals surface area contributed by atoms with E-state index >= 15 is 0 Å². The van der Waals surface area contributed by atoms with Crippen molar-refractivity contribution in [3.05, 3.63) is 58.4 Å². The minimum absolute atomic E-state index is 0.0839. The summed E-state index contributed by atoms with van der Waals surface area (Å²) in [4.78, 5) is 26.7. The lowest BCUT2D eigenvalue weighted by atomic mass is 9.96. The minimum atomic E-state index is -0.614. The van der Waals surface area contributed by atoms with Crippen LogP contribution in [0.25, 0.3) is 0 Å². The predicted octanol–water partition coefficient (Wildman–Crippen LogP) is 3.78. The van der Waals surface area contributed by atoms with E-state index in [1.54, 1.807) is 23.1 Å². The molecule has 0 spiro atoms. The van der Waals surface area contributed by atoms with Gasteiger partial charge in [-0.2, -0.15) is 0 Å². The molecule has 1 aliphatic heterocycles. The third-order valence-corrected chi connectivity index (χ3v) is 5.59. The fraction of sp³-hybridized carbons (Fsp3) is 0.364. The van der Waals surface area contributed by atoms with Crippen LogP contribution in [0.15, 0.2) is 36.4 Å². The van der Waals surface area contributed by atoms with E-state index in [4.69, 9.17) is 21.1 Å². The summed E-state index contributed by atoms with van der Waals surface area (Å²) < 4.78 is 24.4. The van der Waals surface area contributed by atoms with Crippen LogP contribution in [-0.4, -0.2) is 50.6 Å². The van der Waals surface area contributed by atoms with E-state index in [0.717, 1.165) is 0 Å². The van der Waals surface area contributed by atoms with Gasteiger partial charge in [0.25, 0.3) is 11.8 Å². The Morgan fingerprint density at radius 1 is 1.13 bits per heavy atom. The van der Waals surface area contributed by atoms with E-state index in [1.165, 1.54) is 32.4 Å². The standard InChI is InChI=1S/C22H24ClFN2O4/c1-29-18-7-6-15(12-19(18)30-2)21(27)25-13-14-8-10-26(11-9-14)22(28)20-16(23)4-3-5-17(20)24/h3-7,12,14H,8-11,13H2,1-2H3,(H,25,27). The molecule has 8 heteroatoms. The fourth-order valence-electron chi connectivity index (χ4n) is 3.52. The fourth-order valence-corrected chi connectivity index (χ4v) is 3.76. The lowest BCUT2D eigenvalue weighted by molar-refractivity contribution is 0.0680. The number of amides is 2. The van der Waals surface area contributed by atoms with Crippen LogP contribution >= 0.6 is 11.6 Å². The van der Waals surface area contributed by atoms with Gasteiger partial charge in [0.05, 0.1) is 24.8 Å². The quantitative estimate of drug-likeness (QED) is 0.751. The largest absolute Gasteiger partial charge is 0.493 e. The number of hydrogen-bond acceptors (Lipinski definition) is 4. The van der Waals surface area contributed by atoms with Crippen molar-refractivity contribution in [2.24, 2.45) is 5.92 Å². The highest BCUT2D eigenvalue weighted by atomic mass is 35.5. The van der Waals surface area contributed by atoms with Crippen molar-refractivity contribution in [3.8, 4) is 11.5 Å². The van der Waals surface area contributed by atoms with Gasteiger partial charge in [0.1, 0.15) is 5.82 Å². The van der Waals surface area contributed by atoms with Crippen molar-refractivity contribution in [2.75, 3.05) is 33.9 Å². The zero-order valence-electron chi connectivity index (χ0n) is 16.9. The Balaban J connectivity index is 1.53. The van der Waals surface area contributed by atoms with Crippen LogP contribution < -0.4 is 14.8 Å². The van der Waals surface area contributed by atoms with Crippen molar-refractivity contribution >= 4 is 23.4 Å². The molecule has 0 saturated carbocycles. The van der Waals surface area contributed by atoms with Gasteiger partial charge in [-0.05, 0) is 49.1 Å². The molecule has 160 valence electrons. The number of methoxy groups -OCH3 is 2. The molecule has 1 saturated heterocycles. The summed E-state index contributed by atoms with van der Waals surface area (Å²) in [6, 6.07) is 9.21. The Morgan fingerprint density at radius 3 is 2.47 bits per heavy atom. The molecule has 0 radical (unpaired) electrons. The topological polar surface area (TPSA) is 67.9 Å². The lowest BCUT2D eigenvalue weighted by Gasteiger charge is -2.32. The van der Waals surface area contributed by atoms with Gasteiger partial charge in [-0.15, -0.1) is 0 Å². The molecule has 2 amide bonds. The van der Waals surface area contributed by atoms with Gasteiger partial charge in [0.2, 0.25) is 0 Å². The number of hydrogen-bond donors (Lipinski definition) is 1. The van der Waals surface area contributed by atoms with Crippen molar-refractivity contribution in [1.29, 1.82) is 0 Å². The van der Waals surface area contributed by atoms with E-state index in [1.807, 2.05) is 0 Å². The summed E-state index contributed by atoms with van der Waals surface area (Å²) in [5.74, 6) is 0.0642. The second-order valence-electron chi connectivity index (χ2n) is 7.11. The number of likely N-dealkylation sites (tertiary alicyclic amines) is 1. The molecule has 0 atom stereocenters. The molecular weight excluding hydrogens is 411 g/mol. The van der Waals surface area contributed by atoms with Gasteiger partial charge in [-0.25, -0.2) is 4.39 Å². The number of piperidine rings is 1. The molecule has 0 bridgehead atoms. The SMILES string of the molecule is COc1ccc(C(=O)NCC2CCN(C(=O)c3c(F)cccc3Cl)CC2)cc1OC. The molecule has 1 fully saturated rings. The number of rotatable bonds is 6. The summed E-state index contributed by atoms with van der Waals surface area (Å²) in [7, 11) is 3.05. The number of ether oxygens (including phenoxy) is 2. The summed E-state index contributed by atoms with van der Waals surface area (Å²) in [6.45, 7) is 1.47. The third kappa shape index (κ3) is 4.84. The zero-order chi connectivity index (χ0) is 21.7. The van der Waals surface area contributed by atoms with Crippen LogP contribution in [0.4, 0.5) is 4.39 Å². The van der Waals surface area contributed by atoms with Crippen molar-refractivity contribution < 1.29 is 23.5 Å². The van der Waals surface area contributed by atoms with Gasteiger partial charge in [-0.1, -0.05) is 17.7 Å². The molecule has 0 aliphatic carbocycles. The molecule has 1 aliphatic rings. The van der Waals surface area contributed by atoms with Crippen molar-refractivity contribution in [2.45, 2.75) is 12.8 Å². The highest BCUT2D eigenvalue weighted by molar-refractivity contribution is 6.33. The number of carbonyl (C=O) groups excluding carboxylic acids is 2. The first kappa shape index (κ1) is 21.9. The van der Waals surface area contributed by atoms with Crippen LogP contribution in [0.1, 0.15) is 33.6 Å². The molecule has 1 heterocycles. The van der Waals surface area contributed by atoms with E-state index in [9.17, 15) is 14.0 Å². The van der Waals surface area contributed by atoms with Crippen molar-refractivity contribution in [3.63, 3.8) is 0 Å². The second kappa shape index (κ2) is 9.80. The van der Waals surface area contributed by atoms with Crippen molar-refractivity contribution in [1.82, 2.24) is 10.2 Å². The molecule has 2 aromatic carbocycles. The monoisotopic (exact) mass is 434 g/mol. The normalized spacial score (nSPS) is 14.3. The summed E-state index contributed by atoms with van der Waals surface area (Å²) in [5.41, 5.74) is 0.397. The Labute approximate surface area is 179 Å². The third-order valence-electron chi connectivity index (χ3n) is 5.28. The van der Waals surface area contributed by atoms with Gasteiger partial charge in [0.15, 0.2) is 11.5 Å². The molecule has 0 unspecified atom stereocenters. The van der Waals surface area contributed by atoms with Crippen LogP contribution in [-0.2, 0) is 0 Å². The first-order valence-corrected chi connectivity index (χ1v) is 10.1. The van der Waals surface area contributed by atoms with E-state index in [2.05, 4.69) is 5.32 Å². The second-order valence-corrected chi connectivity index (χ2v) is 7.52. The predicted molar refractivity (Wildman–Crippen MR) is 112 cm³/mol. The average Bonchev–Trinajstić information content (AvgIpc) is 2.77. The van der Waals surface area contributed by atoms with Gasteiger partial charge in [-0.3, -0.25) is 9.59 Å². The van der Waals surface area contributed by atoms with Gasteiger partial charge >= 0.3 is 0 Å². The number of halogens is 2. The molecular formula is C22H24ClFN2O4. The molecule has 1 N–H and O–H groups in total. The number of carbonyl (C=O) groups is 2. The molecule has 6 nitrogen and oxygen atoms in total. The first-order chi connectivity index (χ1) is 14.4. The van der Waals surface area contributed by atoms with E-state index in [0.29, 0.717) is 49.5 Å². The smallest absolute Gasteiger partial charge is 0.258 e. The van der Waals surface area contributed by atoms with E-state index in [-0.39, 0.29) is 22.4 Å². The Morgan fingerprint density at radius 2 is 1.83 bits per heavy atom. The van der Waals surface area contributed by atoms with Crippen LogP contribution in [0.3, 0.4) is 0 Å². The average molecular weight is 435 g/mol. The number of nitrogens with one attached hydrogen (secondary N) is 1. The van der Waals surface area contributed by atoms with Crippen LogP contribution in [0.2, 0.25) is 5.02 Å². The lowest BCUT2D eigenvalue weighted by Crippen LogP contribution is -2.42. The highest BCUT2D eigenvalue weighted by Gasteiger charge is 2.27. The molecule has 2 aromatic rings. The summed E-state index contributed by atoms with van der Waals surface area (Å²) in [5, 5.41) is 3.05. The Hall–Kier alpha value is -2.80. The summed E-state index contributed by atoms with van der Waals surface area (Å²) >= 11 is 6.00. The Kier molecular flexibility index (Phi) is 7.15. The molecule has 0 aromatic heterocycles. The van der Waals surface area contributed by atoms with Crippen LogP contribution in [0, 0.1) is 11.7 Å². The summed E-state index contributed by atoms with van der Waals surface area (Å²) in [6.07, 6.45) is 1.42. The number of nitrogens with zero attached hydrogens (tertiary/aromatic N) is 1. The Bertz CT molecular complexity index is 909. The maximum atomic E-state index is 14.0. The van der Waals surface area contributed by atoms with E-state index < -0.39 is 11.7 Å². The van der Waals surface area contributed by atoms with Gasteiger partial charge < -0.3 is 19.7 Å². The first-order valence-electron chi connectivity index (χ1n) is 9.68.